The molecule has 0 unspecified atom stereocenters. The lowest BCUT2D eigenvalue weighted by atomic mass is 9.55. The van der Waals surface area contributed by atoms with Crippen LogP contribution in [0.1, 0.15) is 146 Å². The molecule has 0 N–H and O–H groups in total. The molecule has 0 aromatic heterocycles. The van der Waals surface area contributed by atoms with Crippen LogP contribution >= 0.6 is 0 Å². The van der Waals surface area contributed by atoms with Crippen molar-refractivity contribution in [1.82, 2.24) is 0 Å². The molecular formula is C56H70. The molecule has 0 aliphatic heterocycles. The van der Waals surface area contributed by atoms with Crippen LogP contribution in [0.5, 0.6) is 0 Å². The van der Waals surface area contributed by atoms with Gasteiger partial charge in [-0.2, -0.15) is 0 Å². The Kier molecular flexibility index (Phi) is 13.3. The van der Waals surface area contributed by atoms with Gasteiger partial charge in [-0.1, -0.05) is 225 Å². The van der Waals surface area contributed by atoms with E-state index in [9.17, 15) is 0 Å². The normalized spacial score (nSPS) is 16.0. The lowest BCUT2D eigenvalue weighted by Crippen LogP contribution is -2.40. The van der Waals surface area contributed by atoms with Crippen molar-refractivity contribution in [2.45, 2.75) is 129 Å². The first kappa shape index (κ1) is 41.5. The van der Waals surface area contributed by atoms with Crippen LogP contribution in [0.15, 0.2) is 152 Å². The standard InChI is InChI=1S/C56H70/c1-8-45-33-35-46(36-34-45)41-56(49-29-17-11-18-30-49,50-31-19-12-20-32-50)40-24-23-39-55(47-25-13-9-14-26-47,48-27-15-10-16-28-48)38-22-21-37-54(6,7)51-42-52(2,3)44-53(4,5)43-51/h8-20,25-36,51H,1,21-24,37-44H2,2-7H3. The molecule has 5 aromatic carbocycles. The molecule has 0 radical (unpaired) electrons. The molecule has 0 amide bonds. The van der Waals surface area contributed by atoms with Crippen molar-refractivity contribution in [2.24, 2.45) is 22.2 Å². The van der Waals surface area contributed by atoms with Crippen LogP contribution in [-0.4, -0.2) is 0 Å². The van der Waals surface area contributed by atoms with Gasteiger partial charge in [0.15, 0.2) is 0 Å². The second-order valence-corrected chi connectivity index (χ2v) is 19.8. The highest BCUT2D eigenvalue weighted by Crippen LogP contribution is 2.54. The van der Waals surface area contributed by atoms with Crippen molar-refractivity contribution in [3.8, 4) is 0 Å². The van der Waals surface area contributed by atoms with Gasteiger partial charge in [-0.25, -0.2) is 0 Å². The third kappa shape index (κ3) is 10.0. The Bertz CT molecular complexity index is 1820. The summed E-state index contributed by atoms with van der Waals surface area (Å²) in [6, 6.07) is 54.8. The van der Waals surface area contributed by atoms with E-state index in [1.807, 2.05) is 6.08 Å². The van der Waals surface area contributed by atoms with Crippen molar-refractivity contribution in [2.75, 3.05) is 0 Å². The molecule has 0 spiro atoms. The maximum atomic E-state index is 4.01. The maximum absolute atomic E-state index is 4.01. The topological polar surface area (TPSA) is 0 Å². The Balaban J connectivity index is 1.26. The van der Waals surface area contributed by atoms with Gasteiger partial charge in [-0.15, -0.1) is 0 Å². The SMILES string of the molecule is C=Cc1ccc(CC(CCCCC(CCCCC(C)(C)C2CC(C)(C)CC(C)(C)C2)(c2ccccc2)c2ccccc2)(c2ccccc2)c2ccccc2)cc1. The molecule has 0 heterocycles. The summed E-state index contributed by atoms with van der Waals surface area (Å²) in [5, 5.41) is 0. The Hall–Kier alpha value is -4.16. The van der Waals surface area contributed by atoms with Gasteiger partial charge in [-0.05, 0) is 107 Å². The average molecular weight is 743 g/mol. The van der Waals surface area contributed by atoms with Crippen molar-refractivity contribution in [3.05, 3.63) is 186 Å². The van der Waals surface area contributed by atoms with Crippen LogP contribution < -0.4 is 0 Å². The molecule has 1 aliphatic rings. The third-order valence-corrected chi connectivity index (χ3v) is 13.8. The molecule has 0 atom stereocenters. The molecule has 56 heavy (non-hydrogen) atoms. The van der Waals surface area contributed by atoms with E-state index in [1.165, 1.54) is 84.7 Å². The number of hydrogen-bond donors (Lipinski definition) is 0. The second-order valence-electron chi connectivity index (χ2n) is 19.8. The van der Waals surface area contributed by atoms with Crippen LogP contribution in [0.2, 0.25) is 0 Å². The van der Waals surface area contributed by atoms with E-state index in [-0.39, 0.29) is 10.8 Å². The lowest BCUT2D eigenvalue weighted by molar-refractivity contribution is 0.00459. The predicted molar refractivity (Wildman–Crippen MR) is 243 cm³/mol. The van der Waals surface area contributed by atoms with E-state index in [0.29, 0.717) is 16.2 Å². The summed E-state index contributed by atoms with van der Waals surface area (Å²) >= 11 is 0. The van der Waals surface area contributed by atoms with Gasteiger partial charge in [0.25, 0.3) is 0 Å². The van der Waals surface area contributed by atoms with Crippen LogP contribution in [-0.2, 0) is 17.3 Å². The molecular weight excluding hydrogens is 673 g/mol. The van der Waals surface area contributed by atoms with Gasteiger partial charge in [0.2, 0.25) is 0 Å². The highest BCUT2D eigenvalue weighted by Gasteiger charge is 2.44. The van der Waals surface area contributed by atoms with Crippen LogP contribution in [0.4, 0.5) is 0 Å². The first-order chi connectivity index (χ1) is 26.9. The van der Waals surface area contributed by atoms with Crippen molar-refractivity contribution >= 4 is 6.08 Å². The molecule has 0 heteroatoms. The van der Waals surface area contributed by atoms with Gasteiger partial charge >= 0.3 is 0 Å². The quantitative estimate of drug-likeness (QED) is 0.0784. The second kappa shape index (κ2) is 18.0. The van der Waals surface area contributed by atoms with Gasteiger partial charge in [0, 0.05) is 10.8 Å². The molecule has 1 saturated carbocycles. The smallest absolute Gasteiger partial charge is 0.0243 e. The summed E-state index contributed by atoms with van der Waals surface area (Å²) in [5.74, 6) is 0.781. The molecule has 5 aromatic rings. The van der Waals surface area contributed by atoms with Crippen molar-refractivity contribution in [1.29, 1.82) is 0 Å². The Morgan fingerprint density at radius 3 is 1.25 bits per heavy atom. The molecule has 1 aliphatic carbocycles. The predicted octanol–water partition coefficient (Wildman–Crippen LogP) is 15.8. The summed E-state index contributed by atoms with van der Waals surface area (Å²) in [6.07, 6.45) is 16.5. The zero-order chi connectivity index (χ0) is 39.7. The van der Waals surface area contributed by atoms with E-state index in [2.05, 4.69) is 194 Å². The number of rotatable bonds is 18. The Labute approximate surface area is 341 Å². The van der Waals surface area contributed by atoms with E-state index in [0.717, 1.165) is 31.6 Å². The number of hydrogen-bond acceptors (Lipinski definition) is 0. The van der Waals surface area contributed by atoms with E-state index in [4.69, 9.17) is 0 Å². The Morgan fingerprint density at radius 2 is 0.857 bits per heavy atom. The minimum absolute atomic E-state index is 0.0237. The summed E-state index contributed by atoms with van der Waals surface area (Å²) < 4.78 is 0. The first-order valence-electron chi connectivity index (χ1n) is 21.8. The van der Waals surface area contributed by atoms with Gasteiger partial charge < -0.3 is 0 Å². The molecule has 0 saturated heterocycles. The van der Waals surface area contributed by atoms with Crippen LogP contribution in [0.25, 0.3) is 6.08 Å². The van der Waals surface area contributed by atoms with Crippen molar-refractivity contribution < 1.29 is 0 Å². The monoisotopic (exact) mass is 743 g/mol. The highest BCUT2D eigenvalue weighted by molar-refractivity contribution is 5.48. The highest BCUT2D eigenvalue weighted by atomic mass is 14.5. The minimum Gasteiger partial charge on any atom is -0.0985 e. The van der Waals surface area contributed by atoms with Crippen molar-refractivity contribution in [3.63, 3.8) is 0 Å². The zero-order valence-corrected chi connectivity index (χ0v) is 35.7. The van der Waals surface area contributed by atoms with E-state index >= 15 is 0 Å². The number of unbranched alkanes of at least 4 members (excludes halogenated alkanes) is 2. The van der Waals surface area contributed by atoms with Crippen LogP contribution in [0, 0.1) is 22.2 Å². The summed E-state index contributed by atoms with van der Waals surface area (Å²) in [7, 11) is 0. The van der Waals surface area contributed by atoms with Gasteiger partial charge in [0.1, 0.15) is 0 Å². The summed E-state index contributed by atoms with van der Waals surface area (Å²) in [6.45, 7) is 19.2. The lowest BCUT2D eigenvalue weighted by Gasteiger charge is -2.50. The van der Waals surface area contributed by atoms with E-state index in [1.54, 1.807) is 0 Å². The maximum Gasteiger partial charge on any atom is 0.0243 e. The molecule has 6 rings (SSSR count). The fraction of sp³-hybridized carbons (Fsp3) is 0.429. The Morgan fingerprint density at radius 1 is 0.500 bits per heavy atom. The summed E-state index contributed by atoms with van der Waals surface area (Å²) in [4.78, 5) is 0. The average Bonchev–Trinajstić information content (AvgIpc) is 3.20. The van der Waals surface area contributed by atoms with Gasteiger partial charge in [0.05, 0.1) is 0 Å². The zero-order valence-electron chi connectivity index (χ0n) is 35.7. The van der Waals surface area contributed by atoms with E-state index < -0.39 is 0 Å². The molecule has 0 bridgehead atoms. The fourth-order valence-electron chi connectivity index (χ4n) is 11.2. The first-order valence-corrected chi connectivity index (χ1v) is 21.8. The van der Waals surface area contributed by atoms with Gasteiger partial charge in [-0.3, -0.25) is 0 Å². The number of benzene rings is 5. The van der Waals surface area contributed by atoms with Crippen LogP contribution in [0.3, 0.4) is 0 Å². The summed E-state index contributed by atoms with van der Waals surface area (Å²) in [5.41, 5.74) is 9.34. The third-order valence-electron chi connectivity index (χ3n) is 13.8. The molecule has 0 nitrogen and oxygen atoms in total. The largest absolute Gasteiger partial charge is 0.0985 e. The fourth-order valence-corrected chi connectivity index (χ4v) is 11.2. The molecule has 1 fully saturated rings. The molecule has 294 valence electrons. The minimum atomic E-state index is -0.131.